The van der Waals surface area contributed by atoms with Crippen LogP contribution in [0.25, 0.3) is 0 Å². The SMILES string of the molecule is COc1cnc(C(NN)c2ccc(Br)cc2C)c(OC)n1. The van der Waals surface area contributed by atoms with Crippen molar-refractivity contribution in [3.8, 4) is 11.8 Å². The highest BCUT2D eigenvalue weighted by Gasteiger charge is 2.22. The molecule has 1 unspecified atom stereocenters. The van der Waals surface area contributed by atoms with Crippen molar-refractivity contribution in [3.05, 3.63) is 45.7 Å². The molecule has 0 fully saturated rings. The molecule has 0 spiro atoms. The van der Waals surface area contributed by atoms with E-state index in [-0.39, 0.29) is 6.04 Å². The van der Waals surface area contributed by atoms with Crippen LogP contribution in [0.5, 0.6) is 11.8 Å². The Labute approximate surface area is 131 Å². The molecule has 0 aliphatic rings. The van der Waals surface area contributed by atoms with Crippen LogP contribution in [0.4, 0.5) is 0 Å². The third-order valence-corrected chi connectivity index (χ3v) is 3.62. The van der Waals surface area contributed by atoms with Gasteiger partial charge in [0.05, 0.1) is 26.5 Å². The number of halogens is 1. The smallest absolute Gasteiger partial charge is 0.240 e. The first-order valence-corrected chi connectivity index (χ1v) is 7.07. The molecule has 0 radical (unpaired) electrons. The van der Waals surface area contributed by atoms with Gasteiger partial charge in [-0.25, -0.2) is 10.4 Å². The average Bonchev–Trinajstić information content (AvgIpc) is 2.50. The number of nitrogens with zero attached hydrogens (tertiary/aromatic N) is 2. The number of hydrogen-bond acceptors (Lipinski definition) is 6. The van der Waals surface area contributed by atoms with Gasteiger partial charge in [0.25, 0.3) is 0 Å². The monoisotopic (exact) mass is 352 g/mol. The normalized spacial score (nSPS) is 12.0. The molecule has 0 saturated carbocycles. The highest BCUT2D eigenvalue weighted by atomic mass is 79.9. The highest BCUT2D eigenvalue weighted by molar-refractivity contribution is 9.10. The van der Waals surface area contributed by atoms with E-state index in [1.165, 1.54) is 20.4 Å². The van der Waals surface area contributed by atoms with Crippen molar-refractivity contribution in [2.75, 3.05) is 14.2 Å². The van der Waals surface area contributed by atoms with E-state index in [9.17, 15) is 0 Å². The largest absolute Gasteiger partial charge is 0.480 e. The second kappa shape index (κ2) is 6.84. The minimum atomic E-state index is -0.327. The van der Waals surface area contributed by atoms with Gasteiger partial charge in [0, 0.05) is 4.47 Å². The van der Waals surface area contributed by atoms with Gasteiger partial charge in [-0.1, -0.05) is 22.0 Å². The fourth-order valence-corrected chi connectivity index (χ4v) is 2.57. The topological polar surface area (TPSA) is 82.3 Å². The molecule has 2 rings (SSSR count). The maximum atomic E-state index is 5.72. The van der Waals surface area contributed by atoms with Crippen molar-refractivity contribution < 1.29 is 9.47 Å². The molecule has 0 amide bonds. The number of ether oxygens (including phenoxy) is 2. The number of aromatic nitrogens is 2. The molecule has 0 aliphatic carbocycles. The van der Waals surface area contributed by atoms with Gasteiger partial charge in [-0.3, -0.25) is 5.84 Å². The van der Waals surface area contributed by atoms with Gasteiger partial charge in [-0.15, -0.1) is 0 Å². The zero-order valence-electron chi connectivity index (χ0n) is 12.1. The lowest BCUT2D eigenvalue weighted by Crippen LogP contribution is -2.30. The Bertz CT molecular complexity index is 636. The van der Waals surface area contributed by atoms with Crippen molar-refractivity contribution in [2.45, 2.75) is 13.0 Å². The van der Waals surface area contributed by atoms with Crippen LogP contribution < -0.4 is 20.7 Å². The van der Waals surface area contributed by atoms with Crippen LogP contribution in [0.2, 0.25) is 0 Å². The van der Waals surface area contributed by atoms with Gasteiger partial charge < -0.3 is 9.47 Å². The molecule has 2 aromatic rings. The molecule has 0 bridgehead atoms. The van der Waals surface area contributed by atoms with E-state index >= 15 is 0 Å². The number of nitrogens with two attached hydrogens (primary N) is 1. The lowest BCUT2D eigenvalue weighted by Gasteiger charge is -2.20. The molecule has 0 aliphatic heterocycles. The summed E-state index contributed by atoms with van der Waals surface area (Å²) in [4.78, 5) is 8.60. The predicted molar refractivity (Wildman–Crippen MR) is 83.2 cm³/mol. The second-order valence-corrected chi connectivity index (χ2v) is 5.32. The highest BCUT2D eigenvalue weighted by Crippen LogP contribution is 2.30. The molecule has 0 saturated heterocycles. The summed E-state index contributed by atoms with van der Waals surface area (Å²) < 4.78 is 11.4. The lowest BCUT2D eigenvalue weighted by atomic mass is 9.99. The van der Waals surface area contributed by atoms with Crippen LogP contribution in [-0.4, -0.2) is 24.2 Å². The maximum absolute atomic E-state index is 5.72. The summed E-state index contributed by atoms with van der Waals surface area (Å²) in [6.45, 7) is 2.01. The summed E-state index contributed by atoms with van der Waals surface area (Å²) in [5.74, 6) is 6.48. The molecule has 1 aromatic carbocycles. The first-order chi connectivity index (χ1) is 10.1. The van der Waals surface area contributed by atoms with Crippen molar-refractivity contribution >= 4 is 15.9 Å². The minimum absolute atomic E-state index is 0.327. The summed E-state index contributed by atoms with van der Waals surface area (Å²) in [5.41, 5.74) is 5.45. The van der Waals surface area contributed by atoms with E-state index < -0.39 is 0 Å². The average molecular weight is 353 g/mol. The van der Waals surface area contributed by atoms with Gasteiger partial charge in [0.15, 0.2) is 0 Å². The summed E-state index contributed by atoms with van der Waals surface area (Å²) in [6.07, 6.45) is 1.54. The predicted octanol–water partition coefficient (Wildman–Crippen LogP) is 2.12. The fourth-order valence-electron chi connectivity index (χ4n) is 2.09. The maximum Gasteiger partial charge on any atom is 0.240 e. The van der Waals surface area contributed by atoms with Crippen molar-refractivity contribution in [1.82, 2.24) is 15.4 Å². The molecule has 1 heterocycles. The molecule has 6 nitrogen and oxygen atoms in total. The minimum Gasteiger partial charge on any atom is -0.480 e. The van der Waals surface area contributed by atoms with Gasteiger partial charge in [0.2, 0.25) is 11.8 Å². The van der Waals surface area contributed by atoms with Crippen LogP contribution in [0, 0.1) is 6.92 Å². The van der Waals surface area contributed by atoms with Crippen LogP contribution in [0.15, 0.2) is 28.9 Å². The quantitative estimate of drug-likeness (QED) is 0.633. The van der Waals surface area contributed by atoms with E-state index in [0.29, 0.717) is 17.5 Å². The fraction of sp³-hybridized carbons (Fsp3) is 0.286. The van der Waals surface area contributed by atoms with E-state index in [1.807, 2.05) is 25.1 Å². The molecular weight excluding hydrogens is 336 g/mol. The van der Waals surface area contributed by atoms with Crippen molar-refractivity contribution in [3.63, 3.8) is 0 Å². The number of hydrazine groups is 1. The van der Waals surface area contributed by atoms with Crippen LogP contribution in [0.3, 0.4) is 0 Å². The third-order valence-electron chi connectivity index (χ3n) is 3.13. The molecule has 1 aromatic heterocycles. The van der Waals surface area contributed by atoms with Gasteiger partial charge in [-0.05, 0) is 30.2 Å². The van der Waals surface area contributed by atoms with Crippen LogP contribution >= 0.6 is 15.9 Å². The molecule has 7 heteroatoms. The Balaban J connectivity index is 2.50. The Hall–Kier alpha value is -1.70. The molecule has 3 N–H and O–H groups in total. The van der Waals surface area contributed by atoms with E-state index in [1.54, 1.807) is 0 Å². The number of rotatable bonds is 5. The second-order valence-electron chi connectivity index (χ2n) is 4.41. The first-order valence-electron chi connectivity index (χ1n) is 6.27. The molecule has 1 atom stereocenters. The number of aryl methyl sites for hydroxylation is 1. The zero-order chi connectivity index (χ0) is 15.4. The summed E-state index contributed by atoms with van der Waals surface area (Å²) >= 11 is 3.45. The Kier molecular flexibility index (Phi) is 5.11. The molecule has 112 valence electrons. The van der Waals surface area contributed by atoms with Gasteiger partial charge in [-0.2, -0.15) is 4.98 Å². The van der Waals surface area contributed by atoms with E-state index in [0.717, 1.165) is 15.6 Å². The first kappa shape index (κ1) is 15.7. The lowest BCUT2D eigenvalue weighted by molar-refractivity contribution is 0.352. The Morgan fingerprint density at radius 3 is 2.62 bits per heavy atom. The standard InChI is InChI=1S/C14H17BrN4O2/c1-8-6-9(15)4-5-10(8)12(19-16)13-14(21-3)18-11(20-2)7-17-13/h4-7,12,19H,16H2,1-3H3. The van der Waals surface area contributed by atoms with Gasteiger partial charge in [0.1, 0.15) is 5.69 Å². The van der Waals surface area contributed by atoms with E-state index in [4.69, 9.17) is 15.3 Å². The van der Waals surface area contributed by atoms with Crippen LogP contribution in [-0.2, 0) is 0 Å². The van der Waals surface area contributed by atoms with Crippen molar-refractivity contribution in [2.24, 2.45) is 5.84 Å². The third kappa shape index (κ3) is 3.31. The zero-order valence-corrected chi connectivity index (χ0v) is 13.6. The number of nitrogens with one attached hydrogen (secondary N) is 1. The molecule has 21 heavy (non-hydrogen) atoms. The molecular formula is C14H17BrN4O2. The van der Waals surface area contributed by atoms with Gasteiger partial charge >= 0.3 is 0 Å². The summed E-state index contributed by atoms with van der Waals surface area (Å²) in [7, 11) is 3.07. The number of methoxy groups -OCH3 is 2. The summed E-state index contributed by atoms with van der Waals surface area (Å²) in [5, 5.41) is 0. The van der Waals surface area contributed by atoms with E-state index in [2.05, 4.69) is 31.3 Å². The Morgan fingerprint density at radius 1 is 1.29 bits per heavy atom. The Morgan fingerprint density at radius 2 is 2.05 bits per heavy atom. The van der Waals surface area contributed by atoms with Crippen LogP contribution in [0.1, 0.15) is 22.9 Å². The number of hydrogen-bond donors (Lipinski definition) is 2. The van der Waals surface area contributed by atoms with Crippen molar-refractivity contribution in [1.29, 1.82) is 0 Å². The summed E-state index contributed by atoms with van der Waals surface area (Å²) in [6, 6.07) is 5.63. The number of benzene rings is 1.